The van der Waals surface area contributed by atoms with E-state index in [0.29, 0.717) is 19.0 Å². The minimum atomic E-state index is 0.273. The quantitative estimate of drug-likeness (QED) is 0.620. The Bertz CT molecular complexity index is 1050. The average Bonchev–Trinajstić information content (AvgIpc) is 3.18. The Morgan fingerprint density at radius 2 is 1.72 bits per heavy atom. The molecule has 3 heterocycles. The number of para-hydroxylation sites is 3. The molecule has 1 atom stereocenters. The van der Waals surface area contributed by atoms with Gasteiger partial charge in [0.2, 0.25) is 5.91 Å². The molecule has 0 saturated carbocycles. The monoisotopic (exact) mass is 431 g/mol. The number of aryl methyl sites for hydroxylation is 2. The zero-order valence-corrected chi connectivity index (χ0v) is 19.0. The Morgan fingerprint density at radius 1 is 0.969 bits per heavy atom. The molecule has 3 aromatic rings. The van der Waals surface area contributed by atoms with Gasteiger partial charge in [0.25, 0.3) is 0 Å². The number of piperidine rings is 1. The highest BCUT2D eigenvalue weighted by Crippen LogP contribution is 2.22. The number of hydrogen-bond donors (Lipinski definition) is 0. The largest absolute Gasteiger partial charge is 0.369 e. The third kappa shape index (κ3) is 4.37. The summed E-state index contributed by atoms with van der Waals surface area (Å²) in [6.45, 7) is 8.74. The molecule has 0 bridgehead atoms. The number of fused-ring (bicyclic) bond motifs is 1. The maximum atomic E-state index is 13.1. The molecular weight excluding hydrogens is 398 g/mol. The molecule has 2 saturated heterocycles. The van der Waals surface area contributed by atoms with Gasteiger partial charge in [-0.15, -0.1) is 0 Å². The number of carbonyl (C=O) groups excluding carboxylic acids is 1. The number of carbonyl (C=O) groups is 1. The van der Waals surface area contributed by atoms with Crippen molar-refractivity contribution in [2.75, 3.05) is 44.2 Å². The van der Waals surface area contributed by atoms with Crippen molar-refractivity contribution in [3.63, 3.8) is 0 Å². The number of hydrogen-bond acceptors (Lipinski definition) is 4. The van der Waals surface area contributed by atoms with Gasteiger partial charge in [0.05, 0.1) is 11.0 Å². The molecule has 32 heavy (non-hydrogen) atoms. The van der Waals surface area contributed by atoms with Gasteiger partial charge in [-0.2, -0.15) is 0 Å². The van der Waals surface area contributed by atoms with Gasteiger partial charge in [0.15, 0.2) is 0 Å². The molecule has 0 aliphatic carbocycles. The SMILES string of the molecule is Cc1nc2ccccc2n1CCC(=O)N1CCC[C@H](N2CCN(c3ccccc3)CC2)C1. The van der Waals surface area contributed by atoms with Crippen LogP contribution in [0.1, 0.15) is 25.1 Å². The molecule has 6 nitrogen and oxygen atoms in total. The molecule has 6 heteroatoms. The first-order valence-corrected chi connectivity index (χ1v) is 11.9. The van der Waals surface area contributed by atoms with Crippen molar-refractivity contribution in [3.05, 3.63) is 60.4 Å². The second-order valence-corrected chi connectivity index (χ2v) is 9.04. The Labute approximate surface area is 190 Å². The van der Waals surface area contributed by atoms with Crippen LogP contribution in [0.4, 0.5) is 5.69 Å². The van der Waals surface area contributed by atoms with E-state index in [9.17, 15) is 4.79 Å². The van der Waals surface area contributed by atoms with Gasteiger partial charge in [-0.05, 0) is 44.0 Å². The Hall–Kier alpha value is -2.86. The number of benzene rings is 2. The topological polar surface area (TPSA) is 44.6 Å². The summed E-state index contributed by atoms with van der Waals surface area (Å²) in [5.41, 5.74) is 3.44. The van der Waals surface area contributed by atoms with Gasteiger partial charge in [-0.1, -0.05) is 30.3 Å². The Morgan fingerprint density at radius 3 is 2.53 bits per heavy atom. The standard InChI is InChI=1S/C26H33N5O/c1-21-27-24-11-5-6-12-25(24)31(21)15-13-26(32)30-14-7-10-23(20-30)29-18-16-28(17-19-29)22-8-3-2-4-9-22/h2-6,8-9,11-12,23H,7,10,13-20H2,1H3/t23-/m0/s1. The fraction of sp³-hybridized carbons (Fsp3) is 0.462. The maximum absolute atomic E-state index is 13.1. The number of imidazole rings is 1. The van der Waals surface area contributed by atoms with E-state index in [2.05, 4.69) is 60.6 Å². The first-order valence-electron chi connectivity index (χ1n) is 11.9. The lowest BCUT2D eigenvalue weighted by molar-refractivity contribution is -0.133. The number of nitrogens with zero attached hydrogens (tertiary/aromatic N) is 5. The van der Waals surface area contributed by atoms with Crippen LogP contribution in [-0.2, 0) is 11.3 Å². The van der Waals surface area contributed by atoms with E-state index in [1.807, 2.05) is 25.1 Å². The summed E-state index contributed by atoms with van der Waals surface area (Å²) >= 11 is 0. The van der Waals surface area contributed by atoms with E-state index >= 15 is 0 Å². The lowest BCUT2D eigenvalue weighted by Crippen LogP contribution is -2.55. The van der Waals surface area contributed by atoms with Crippen molar-refractivity contribution in [2.24, 2.45) is 0 Å². The van der Waals surface area contributed by atoms with Gasteiger partial charge < -0.3 is 14.4 Å². The zero-order chi connectivity index (χ0) is 21.9. The minimum Gasteiger partial charge on any atom is -0.369 e. The summed E-state index contributed by atoms with van der Waals surface area (Å²) in [5.74, 6) is 1.25. The molecular formula is C26H33N5O. The molecule has 1 aromatic heterocycles. The fourth-order valence-electron chi connectivity index (χ4n) is 5.31. The normalized spacial score (nSPS) is 20.1. The van der Waals surface area contributed by atoms with Gasteiger partial charge in [0, 0.05) is 64.0 Å². The van der Waals surface area contributed by atoms with Gasteiger partial charge in [-0.3, -0.25) is 9.69 Å². The van der Waals surface area contributed by atoms with Crippen LogP contribution >= 0.6 is 0 Å². The molecule has 0 radical (unpaired) electrons. The maximum Gasteiger partial charge on any atom is 0.224 e. The lowest BCUT2D eigenvalue weighted by atomic mass is 10.0. The highest BCUT2D eigenvalue weighted by molar-refractivity contribution is 5.78. The molecule has 2 aliphatic rings. The average molecular weight is 432 g/mol. The number of piperazine rings is 1. The number of aromatic nitrogens is 2. The first kappa shape index (κ1) is 21.0. The third-order valence-electron chi connectivity index (χ3n) is 7.10. The van der Waals surface area contributed by atoms with Crippen molar-refractivity contribution in [1.29, 1.82) is 0 Å². The molecule has 1 amide bonds. The van der Waals surface area contributed by atoms with Gasteiger partial charge in [-0.25, -0.2) is 4.98 Å². The summed E-state index contributed by atoms with van der Waals surface area (Å²) in [7, 11) is 0. The molecule has 0 spiro atoms. The first-order chi connectivity index (χ1) is 15.7. The van der Waals surface area contributed by atoms with Crippen LogP contribution in [0.25, 0.3) is 11.0 Å². The third-order valence-corrected chi connectivity index (χ3v) is 7.10. The number of rotatable bonds is 5. The van der Waals surface area contributed by atoms with E-state index in [-0.39, 0.29) is 5.91 Å². The number of likely N-dealkylation sites (tertiary alicyclic amines) is 1. The van der Waals surface area contributed by atoms with E-state index < -0.39 is 0 Å². The highest BCUT2D eigenvalue weighted by Gasteiger charge is 2.30. The summed E-state index contributed by atoms with van der Waals surface area (Å²) in [4.78, 5) is 24.9. The number of anilines is 1. The second-order valence-electron chi connectivity index (χ2n) is 9.04. The van der Waals surface area contributed by atoms with E-state index in [4.69, 9.17) is 0 Å². The van der Waals surface area contributed by atoms with Crippen LogP contribution in [0.15, 0.2) is 54.6 Å². The Balaban J connectivity index is 1.15. The smallest absolute Gasteiger partial charge is 0.224 e. The highest BCUT2D eigenvalue weighted by atomic mass is 16.2. The molecule has 2 aromatic carbocycles. The van der Waals surface area contributed by atoms with Crippen LogP contribution in [-0.4, -0.2) is 70.6 Å². The predicted molar refractivity (Wildman–Crippen MR) is 129 cm³/mol. The van der Waals surface area contributed by atoms with Crippen LogP contribution in [0, 0.1) is 6.92 Å². The summed E-state index contributed by atoms with van der Waals surface area (Å²) in [6.07, 6.45) is 2.83. The number of amides is 1. The van der Waals surface area contributed by atoms with Crippen LogP contribution in [0.2, 0.25) is 0 Å². The van der Waals surface area contributed by atoms with Crippen molar-refractivity contribution in [3.8, 4) is 0 Å². The molecule has 5 rings (SSSR count). The van der Waals surface area contributed by atoms with Gasteiger partial charge >= 0.3 is 0 Å². The van der Waals surface area contributed by atoms with Crippen molar-refractivity contribution >= 4 is 22.6 Å². The van der Waals surface area contributed by atoms with Crippen molar-refractivity contribution in [1.82, 2.24) is 19.4 Å². The Kier molecular flexibility index (Phi) is 6.12. The fourth-order valence-corrected chi connectivity index (χ4v) is 5.31. The van der Waals surface area contributed by atoms with E-state index in [1.54, 1.807) is 0 Å². The minimum absolute atomic E-state index is 0.273. The van der Waals surface area contributed by atoms with Crippen LogP contribution < -0.4 is 4.90 Å². The van der Waals surface area contributed by atoms with Crippen molar-refractivity contribution in [2.45, 2.75) is 38.8 Å². The summed E-state index contributed by atoms with van der Waals surface area (Å²) < 4.78 is 2.18. The van der Waals surface area contributed by atoms with E-state index in [1.165, 1.54) is 12.1 Å². The molecule has 2 fully saturated rings. The zero-order valence-electron chi connectivity index (χ0n) is 19.0. The van der Waals surface area contributed by atoms with Crippen LogP contribution in [0.5, 0.6) is 0 Å². The van der Waals surface area contributed by atoms with Crippen LogP contribution in [0.3, 0.4) is 0 Å². The second kappa shape index (κ2) is 9.33. The predicted octanol–water partition coefficient (Wildman–Crippen LogP) is 3.55. The van der Waals surface area contributed by atoms with Crippen molar-refractivity contribution < 1.29 is 4.79 Å². The molecule has 2 aliphatic heterocycles. The molecule has 0 N–H and O–H groups in total. The molecule has 168 valence electrons. The lowest BCUT2D eigenvalue weighted by Gasteiger charge is -2.44. The summed E-state index contributed by atoms with van der Waals surface area (Å²) in [5, 5.41) is 0. The molecule has 0 unspecified atom stereocenters. The summed E-state index contributed by atoms with van der Waals surface area (Å²) in [6, 6.07) is 19.3. The van der Waals surface area contributed by atoms with E-state index in [0.717, 1.165) is 62.5 Å². The van der Waals surface area contributed by atoms with Gasteiger partial charge in [0.1, 0.15) is 5.82 Å².